The normalized spacial score (nSPS) is 10.3. The van der Waals surface area contributed by atoms with Gasteiger partial charge in [0.15, 0.2) is 0 Å². The SMILES string of the molecule is CCCCCCCCc1ccc(OC(C)=O)cc1. The molecule has 1 aromatic rings. The first-order valence-corrected chi connectivity index (χ1v) is 6.99. The van der Waals surface area contributed by atoms with E-state index in [9.17, 15) is 4.79 Å². The van der Waals surface area contributed by atoms with E-state index >= 15 is 0 Å². The summed E-state index contributed by atoms with van der Waals surface area (Å²) in [7, 11) is 0. The molecule has 0 atom stereocenters. The molecule has 0 saturated carbocycles. The first-order chi connectivity index (χ1) is 8.72. The predicted molar refractivity (Wildman–Crippen MR) is 74.8 cm³/mol. The van der Waals surface area contributed by atoms with Crippen LogP contribution >= 0.6 is 0 Å². The lowest BCUT2D eigenvalue weighted by Gasteiger charge is -2.04. The number of carbonyl (C=O) groups excluding carboxylic acids is 1. The fraction of sp³-hybridized carbons (Fsp3) is 0.562. The van der Waals surface area contributed by atoms with Crippen molar-refractivity contribution >= 4 is 5.97 Å². The zero-order valence-corrected chi connectivity index (χ0v) is 11.6. The minimum absolute atomic E-state index is 0.265. The second-order valence-electron chi connectivity index (χ2n) is 4.76. The van der Waals surface area contributed by atoms with Crippen LogP contribution in [0.2, 0.25) is 0 Å². The van der Waals surface area contributed by atoms with Crippen LogP contribution < -0.4 is 4.74 Å². The molecule has 0 bridgehead atoms. The Morgan fingerprint density at radius 2 is 1.61 bits per heavy atom. The fourth-order valence-electron chi connectivity index (χ4n) is 2.00. The van der Waals surface area contributed by atoms with Crippen LogP contribution in [0.25, 0.3) is 0 Å². The summed E-state index contributed by atoms with van der Waals surface area (Å²) in [5, 5.41) is 0. The molecule has 1 rings (SSSR count). The van der Waals surface area contributed by atoms with E-state index in [0.29, 0.717) is 5.75 Å². The summed E-state index contributed by atoms with van der Waals surface area (Å²) >= 11 is 0. The number of rotatable bonds is 8. The Bertz CT molecular complexity index is 341. The van der Waals surface area contributed by atoms with Crippen molar-refractivity contribution in [1.82, 2.24) is 0 Å². The van der Waals surface area contributed by atoms with E-state index in [-0.39, 0.29) is 5.97 Å². The maximum absolute atomic E-state index is 10.8. The summed E-state index contributed by atoms with van der Waals surface area (Å²) in [5.41, 5.74) is 1.32. The standard InChI is InChI=1S/C16H24O2/c1-3-4-5-6-7-8-9-15-10-12-16(13-11-15)18-14(2)17/h10-13H,3-9H2,1-2H3. The minimum atomic E-state index is -0.265. The first-order valence-electron chi connectivity index (χ1n) is 6.99. The van der Waals surface area contributed by atoms with Gasteiger partial charge in [0.2, 0.25) is 0 Å². The van der Waals surface area contributed by atoms with Crippen molar-refractivity contribution in [3.8, 4) is 5.75 Å². The molecular weight excluding hydrogens is 224 g/mol. The summed E-state index contributed by atoms with van der Waals surface area (Å²) in [6, 6.07) is 7.83. The van der Waals surface area contributed by atoms with Crippen molar-refractivity contribution in [2.75, 3.05) is 0 Å². The van der Waals surface area contributed by atoms with Crippen LogP contribution in [0.15, 0.2) is 24.3 Å². The quantitative estimate of drug-likeness (QED) is 0.384. The Morgan fingerprint density at radius 3 is 2.22 bits per heavy atom. The van der Waals surface area contributed by atoms with Gasteiger partial charge in [0.25, 0.3) is 0 Å². The number of esters is 1. The molecule has 0 N–H and O–H groups in total. The fourth-order valence-corrected chi connectivity index (χ4v) is 2.00. The van der Waals surface area contributed by atoms with Crippen molar-refractivity contribution in [3.05, 3.63) is 29.8 Å². The van der Waals surface area contributed by atoms with Gasteiger partial charge in [-0.1, -0.05) is 51.2 Å². The number of unbranched alkanes of at least 4 members (excludes halogenated alkanes) is 5. The number of ether oxygens (including phenoxy) is 1. The van der Waals surface area contributed by atoms with Crippen molar-refractivity contribution in [2.45, 2.75) is 58.8 Å². The van der Waals surface area contributed by atoms with E-state index in [0.717, 1.165) is 6.42 Å². The molecule has 1 aromatic carbocycles. The second-order valence-corrected chi connectivity index (χ2v) is 4.76. The highest BCUT2D eigenvalue weighted by atomic mass is 16.5. The Balaban J connectivity index is 2.20. The van der Waals surface area contributed by atoms with Gasteiger partial charge < -0.3 is 4.74 Å². The molecule has 0 aromatic heterocycles. The molecule has 0 unspecified atom stereocenters. The number of benzene rings is 1. The highest BCUT2D eigenvalue weighted by molar-refractivity contribution is 5.69. The molecule has 0 saturated heterocycles. The van der Waals surface area contributed by atoms with Crippen LogP contribution in [0.1, 0.15) is 57.9 Å². The lowest BCUT2D eigenvalue weighted by molar-refractivity contribution is -0.131. The Labute approximate surface area is 110 Å². The number of hydrogen-bond donors (Lipinski definition) is 0. The Hall–Kier alpha value is -1.31. The average molecular weight is 248 g/mol. The van der Waals surface area contributed by atoms with E-state index in [2.05, 4.69) is 6.92 Å². The molecule has 0 spiro atoms. The molecule has 18 heavy (non-hydrogen) atoms. The number of aryl methyl sites for hydroxylation is 1. The third kappa shape index (κ3) is 6.43. The summed E-state index contributed by atoms with van der Waals surface area (Å²) < 4.78 is 5.00. The van der Waals surface area contributed by atoms with Crippen molar-refractivity contribution in [3.63, 3.8) is 0 Å². The van der Waals surface area contributed by atoms with Gasteiger partial charge in [0.1, 0.15) is 5.75 Å². The maximum Gasteiger partial charge on any atom is 0.308 e. The van der Waals surface area contributed by atoms with Gasteiger partial charge in [0.05, 0.1) is 0 Å². The van der Waals surface area contributed by atoms with Crippen molar-refractivity contribution in [2.24, 2.45) is 0 Å². The zero-order chi connectivity index (χ0) is 13.2. The molecule has 0 fully saturated rings. The first kappa shape index (κ1) is 14.7. The molecule has 0 aliphatic rings. The lowest BCUT2D eigenvalue weighted by atomic mass is 10.0. The van der Waals surface area contributed by atoms with Crippen LogP contribution in [0.4, 0.5) is 0 Å². The van der Waals surface area contributed by atoms with E-state index in [1.54, 1.807) is 0 Å². The molecule has 2 heteroatoms. The average Bonchev–Trinajstić information content (AvgIpc) is 2.35. The predicted octanol–water partition coefficient (Wildman–Crippen LogP) is 4.51. The molecule has 0 amide bonds. The van der Waals surface area contributed by atoms with Crippen LogP contribution in [0.5, 0.6) is 5.75 Å². The monoisotopic (exact) mass is 248 g/mol. The van der Waals surface area contributed by atoms with E-state index in [1.165, 1.54) is 51.0 Å². The van der Waals surface area contributed by atoms with E-state index < -0.39 is 0 Å². The van der Waals surface area contributed by atoms with Gasteiger partial charge in [-0.3, -0.25) is 4.79 Å². The van der Waals surface area contributed by atoms with E-state index in [1.807, 2.05) is 24.3 Å². The molecule has 0 aliphatic heterocycles. The smallest absolute Gasteiger partial charge is 0.308 e. The van der Waals surface area contributed by atoms with Crippen LogP contribution in [-0.2, 0) is 11.2 Å². The lowest BCUT2D eigenvalue weighted by Crippen LogP contribution is -2.01. The summed E-state index contributed by atoms with van der Waals surface area (Å²) in [5.74, 6) is 0.368. The molecule has 0 aliphatic carbocycles. The van der Waals surface area contributed by atoms with Gasteiger partial charge in [0, 0.05) is 6.92 Å². The number of hydrogen-bond acceptors (Lipinski definition) is 2. The van der Waals surface area contributed by atoms with Crippen LogP contribution in [0, 0.1) is 0 Å². The van der Waals surface area contributed by atoms with Gasteiger partial charge in [-0.25, -0.2) is 0 Å². The topological polar surface area (TPSA) is 26.3 Å². The Kier molecular flexibility index (Phi) is 7.16. The Morgan fingerprint density at radius 1 is 1.00 bits per heavy atom. The summed E-state index contributed by atoms with van der Waals surface area (Å²) in [6.45, 7) is 3.66. The van der Waals surface area contributed by atoms with Crippen molar-refractivity contribution < 1.29 is 9.53 Å². The number of carbonyl (C=O) groups is 1. The summed E-state index contributed by atoms with van der Waals surface area (Å²) in [6.07, 6.45) is 9.05. The van der Waals surface area contributed by atoms with Gasteiger partial charge in [-0.15, -0.1) is 0 Å². The summed E-state index contributed by atoms with van der Waals surface area (Å²) in [4.78, 5) is 10.8. The highest BCUT2D eigenvalue weighted by Crippen LogP contribution is 2.15. The molecule has 2 nitrogen and oxygen atoms in total. The van der Waals surface area contributed by atoms with Gasteiger partial charge >= 0.3 is 5.97 Å². The third-order valence-electron chi connectivity index (χ3n) is 3.00. The van der Waals surface area contributed by atoms with Gasteiger partial charge in [-0.05, 0) is 30.5 Å². The van der Waals surface area contributed by atoms with Crippen LogP contribution in [-0.4, -0.2) is 5.97 Å². The van der Waals surface area contributed by atoms with E-state index in [4.69, 9.17) is 4.74 Å². The zero-order valence-electron chi connectivity index (χ0n) is 11.6. The van der Waals surface area contributed by atoms with Crippen LogP contribution in [0.3, 0.4) is 0 Å². The maximum atomic E-state index is 10.8. The molecule has 0 heterocycles. The van der Waals surface area contributed by atoms with Gasteiger partial charge in [-0.2, -0.15) is 0 Å². The largest absolute Gasteiger partial charge is 0.427 e. The molecule has 100 valence electrons. The van der Waals surface area contributed by atoms with Crippen molar-refractivity contribution in [1.29, 1.82) is 0 Å². The molecule has 0 radical (unpaired) electrons. The molecular formula is C16H24O2. The second kappa shape index (κ2) is 8.73. The third-order valence-corrected chi connectivity index (χ3v) is 3.00. The minimum Gasteiger partial charge on any atom is -0.427 e. The highest BCUT2D eigenvalue weighted by Gasteiger charge is 1.98.